The van der Waals surface area contributed by atoms with E-state index in [1.807, 2.05) is 71.6 Å². The lowest BCUT2D eigenvalue weighted by atomic mass is 9.93. The summed E-state index contributed by atoms with van der Waals surface area (Å²) in [7, 11) is 0. The number of nitrogens with zero attached hydrogens (tertiary/aromatic N) is 3. The summed E-state index contributed by atoms with van der Waals surface area (Å²) in [6.07, 6.45) is 7.56. The van der Waals surface area contributed by atoms with Gasteiger partial charge in [0.1, 0.15) is 0 Å². The van der Waals surface area contributed by atoms with Crippen LogP contribution in [0, 0.1) is 0 Å². The molecule has 0 saturated heterocycles. The van der Waals surface area contributed by atoms with E-state index in [-0.39, 0.29) is 24.3 Å². The molecule has 1 N–H and O–H groups in total. The number of rotatable bonds is 6. The number of nitrogens with one attached hydrogen (secondary N) is 1. The topological polar surface area (TPSA) is 67.2 Å². The van der Waals surface area contributed by atoms with E-state index >= 15 is 0 Å². The first-order valence-electron chi connectivity index (χ1n) is 9.99. The van der Waals surface area contributed by atoms with Gasteiger partial charge in [-0.2, -0.15) is 5.10 Å². The van der Waals surface area contributed by atoms with Gasteiger partial charge in [0.25, 0.3) is 0 Å². The zero-order chi connectivity index (χ0) is 20.9. The third kappa shape index (κ3) is 4.33. The monoisotopic (exact) mass is 400 g/mol. The van der Waals surface area contributed by atoms with Crippen LogP contribution in [0.4, 0.5) is 0 Å². The summed E-state index contributed by atoms with van der Waals surface area (Å²) in [6, 6.07) is 17.5. The van der Waals surface area contributed by atoms with Gasteiger partial charge in [0.15, 0.2) is 0 Å². The SMILES string of the molecule is CC(=O)N1C=Cc2ccccc2C1CC(=O)NCc1ccccc1Cn1cccn1. The van der Waals surface area contributed by atoms with E-state index in [9.17, 15) is 9.59 Å². The quantitative estimate of drug-likeness (QED) is 0.689. The first kappa shape index (κ1) is 19.6. The second-order valence-corrected chi connectivity index (χ2v) is 7.34. The molecule has 0 aliphatic carbocycles. The van der Waals surface area contributed by atoms with Gasteiger partial charge >= 0.3 is 0 Å². The summed E-state index contributed by atoms with van der Waals surface area (Å²) in [6.45, 7) is 2.60. The molecule has 1 aliphatic heterocycles. The fraction of sp³-hybridized carbons (Fsp3) is 0.208. The maximum atomic E-state index is 12.8. The zero-order valence-electron chi connectivity index (χ0n) is 16.9. The fourth-order valence-corrected chi connectivity index (χ4v) is 3.81. The molecule has 1 atom stereocenters. The van der Waals surface area contributed by atoms with E-state index in [1.165, 1.54) is 6.92 Å². The predicted octanol–water partition coefficient (Wildman–Crippen LogP) is 3.51. The molecule has 2 aromatic carbocycles. The Kier molecular flexibility index (Phi) is 5.75. The van der Waals surface area contributed by atoms with Crippen molar-refractivity contribution < 1.29 is 9.59 Å². The maximum Gasteiger partial charge on any atom is 0.223 e. The molecule has 0 bridgehead atoms. The van der Waals surface area contributed by atoms with Crippen LogP contribution >= 0.6 is 0 Å². The molecule has 0 fully saturated rings. The van der Waals surface area contributed by atoms with Crippen molar-refractivity contribution in [2.24, 2.45) is 0 Å². The molecule has 0 spiro atoms. The van der Waals surface area contributed by atoms with Crippen LogP contribution in [0.3, 0.4) is 0 Å². The molecular formula is C24H24N4O2. The van der Waals surface area contributed by atoms with Crippen LogP contribution in [0.2, 0.25) is 0 Å². The Hall–Kier alpha value is -3.67. The van der Waals surface area contributed by atoms with Crippen molar-refractivity contribution in [1.29, 1.82) is 0 Å². The maximum absolute atomic E-state index is 12.8. The Morgan fingerprint density at radius 3 is 2.57 bits per heavy atom. The Morgan fingerprint density at radius 2 is 1.80 bits per heavy atom. The Bertz CT molecular complexity index is 1070. The molecule has 2 heterocycles. The molecule has 6 nitrogen and oxygen atoms in total. The van der Waals surface area contributed by atoms with Crippen LogP contribution in [-0.2, 0) is 22.7 Å². The Morgan fingerprint density at radius 1 is 1.03 bits per heavy atom. The van der Waals surface area contributed by atoms with Gasteiger partial charge in [-0.25, -0.2) is 0 Å². The highest BCUT2D eigenvalue weighted by atomic mass is 16.2. The van der Waals surface area contributed by atoms with E-state index in [0.29, 0.717) is 13.1 Å². The normalized spacial score (nSPS) is 15.0. The molecule has 2 amide bonds. The average molecular weight is 400 g/mol. The Balaban J connectivity index is 1.45. The van der Waals surface area contributed by atoms with E-state index in [0.717, 1.165) is 22.3 Å². The van der Waals surface area contributed by atoms with Crippen LogP contribution in [0.15, 0.2) is 73.2 Å². The van der Waals surface area contributed by atoms with Gasteiger partial charge in [0.2, 0.25) is 11.8 Å². The lowest BCUT2D eigenvalue weighted by molar-refractivity contribution is -0.130. The lowest BCUT2D eigenvalue weighted by Crippen LogP contribution is -2.35. The van der Waals surface area contributed by atoms with E-state index in [2.05, 4.69) is 10.4 Å². The number of carbonyl (C=O) groups excluding carboxylic acids is 2. The van der Waals surface area contributed by atoms with Gasteiger partial charge in [-0.05, 0) is 34.4 Å². The molecule has 0 saturated carbocycles. The molecule has 1 unspecified atom stereocenters. The summed E-state index contributed by atoms with van der Waals surface area (Å²) in [5.41, 5.74) is 4.19. The molecule has 4 rings (SSSR count). The number of hydrogen-bond donors (Lipinski definition) is 1. The van der Waals surface area contributed by atoms with Crippen LogP contribution in [0.5, 0.6) is 0 Å². The van der Waals surface area contributed by atoms with Gasteiger partial charge in [0, 0.05) is 32.1 Å². The Labute approximate surface area is 175 Å². The molecule has 0 radical (unpaired) electrons. The number of amides is 2. The molecule has 1 aliphatic rings. The zero-order valence-corrected chi connectivity index (χ0v) is 16.9. The van der Waals surface area contributed by atoms with Gasteiger partial charge < -0.3 is 10.2 Å². The summed E-state index contributed by atoms with van der Waals surface area (Å²) in [5, 5.41) is 7.28. The number of aromatic nitrogens is 2. The van der Waals surface area contributed by atoms with Crippen molar-refractivity contribution >= 4 is 17.9 Å². The minimum atomic E-state index is -0.303. The van der Waals surface area contributed by atoms with Crippen molar-refractivity contribution in [2.75, 3.05) is 0 Å². The molecule has 152 valence electrons. The highest BCUT2D eigenvalue weighted by Crippen LogP contribution is 2.32. The third-order valence-corrected chi connectivity index (χ3v) is 5.33. The van der Waals surface area contributed by atoms with Crippen LogP contribution < -0.4 is 5.32 Å². The number of benzene rings is 2. The standard InChI is InChI=1S/C24H24N4O2/c1-18(29)28-14-11-19-7-4-5-10-22(19)23(28)15-24(30)25-16-20-8-2-3-9-21(20)17-27-13-6-12-26-27/h2-14,23H,15-17H2,1H3,(H,25,30). The predicted molar refractivity (Wildman–Crippen MR) is 115 cm³/mol. The van der Waals surface area contributed by atoms with Crippen molar-refractivity contribution in [3.63, 3.8) is 0 Å². The van der Waals surface area contributed by atoms with Gasteiger partial charge in [-0.3, -0.25) is 14.3 Å². The minimum absolute atomic E-state index is 0.0804. The highest BCUT2D eigenvalue weighted by Gasteiger charge is 2.28. The minimum Gasteiger partial charge on any atom is -0.352 e. The van der Waals surface area contributed by atoms with Crippen molar-refractivity contribution in [2.45, 2.75) is 32.5 Å². The molecule has 3 aromatic rings. The van der Waals surface area contributed by atoms with Crippen LogP contribution in [0.25, 0.3) is 6.08 Å². The third-order valence-electron chi connectivity index (χ3n) is 5.33. The number of carbonyl (C=O) groups is 2. The van der Waals surface area contributed by atoms with Crippen molar-refractivity contribution in [3.05, 3.63) is 95.4 Å². The van der Waals surface area contributed by atoms with E-state index in [1.54, 1.807) is 17.3 Å². The summed E-state index contributed by atoms with van der Waals surface area (Å²) < 4.78 is 1.86. The summed E-state index contributed by atoms with van der Waals surface area (Å²) in [5.74, 6) is -0.173. The van der Waals surface area contributed by atoms with Crippen LogP contribution in [0.1, 0.15) is 41.6 Å². The molecular weight excluding hydrogens is 376 g/mol. The van der Waals surface area contributed by atoms with E-state index in [4.69, 9.17) is 0 Å². The smallest absolute Gasteiger partial charge is 0.223 e. The van der Waals surface area contributed by atoms with Gasteiger partial charge in [-0.15, -0.1) is 0 Å². The average Bonchev–Trinajstić information content (AvgIpc) is 3.26. The second-order valence-electron chi connectivity index (χ2n) is 7.34. The molecule has 6 heteroatoms. The fourth-order valence-electron chi connectivity index (χ4n) is 3.81. The number of fused-ring (bicyclic) bond motifs is 1. The summed E-state index contributed by atoms with van der Waals surface area (Å²) in [4.78, 5) is 26.5. The summed E-state index contributed by atoms with van der Waals surface area (Å²) >= 11 is 0. The van der Waals surface area contributed by atoms with E-state index < -0.39 is 0 Å². The lowest BCUT2D eigenvalue weighted by Gasteiger charge is -2.32. The number of hydrogen-bond acceptors (Lipinski definition) is 3. The van der Waals surface area contributed by atoms with Crippen LogP contribution in [-0.4, -0.2) is 26.5 Å². The van der Waals surface area contributed by atoms with Gasteiger partial charge in [-0.1, -0.05) is 48.5 Å². The molecule has 30 heavy (non-hydrogen) atoms. The van der Waals surface area contributed by atoms with Gasteiger partial charge in [0.05, 0.1) is 19.0 Å². The first-order valence-corrected chi connectivity index (χ1v) is 9.99. The largest absolute Gasteiger partial charge is 0.352 e. The van der Waals surface area contributed by atoms with Crippen molar-refractivity contribution in [3.8, 4) is 0 Å². The second kappa shape index (κ2) is 8.78. The van der Waals surface area contributed by atoms with Crippen molar-refractivity contribution in [1.82, 2.24) is 20.0 Å². The first-order chi connectivity index (χ1) is 14.6. The highest BCUT2D eigenvalue weighted by molar-refractivity contribution is 5.81. The molecule has 1 aromatic heterocycles.